The van der Waals surface area contributed by atoms with Crippen LogP contribution >= 0.6 is 25.3 Å². The van der Waals surface area contributed by atoms with Crippen LogP contribution in [-0.2, 0) is 0 Å². The smallest absolute Gasteiger partial charge is 0.00142 e. The van der Waals surface area contributed by atoms with Gasteiger partial charge in [0.05, 0.1) is 0 Å². The molecule has 0 aromatic rings. The Labute approximate surface area is 76.6 Å². The number of rotatable bonds is 2. The van der Waals surface area contributed by atoms with Crippen molar-refractivity contribution in [2.75, 3.05) is 0 Å². The van der Waals surface area contributed by atoms with Gasteiger partial charge in [-0.15, -0.1) is 0 Å². The van der Waals surface area contributed by atoms with Crippen LogP contribution in [0.4, 0.5) is 0 Å². The minimum atomic E-state index is 0.579. The van der Waals surface area contributed by atoms with Gasteiger partial charge in [0.15, 0.2) is 0 Å². The first-order valence-corrected chi connectivity index (χ1v) is 4.93. The van der Waals surface area contributed by atoms with Crippen LogP contribution in [0.2, 0.25) is 0 Å². The van der Waals surface area contributed by atoms with Crippen LogP contribution in [0.1, 0.15) is 40.5 Å². The van der Waals surface area contributed by atoms with E-state index in [1.807, 2.05) is 0 Å². The fourth-order valence-electron chi connectivity index (χ4n) is 0. The first-order chi connectivity index (χ1) is 4.54. The fraction of sp³-hybridized carbons (Fsp3) is 1.00. The molecule has 2 atom stereocenters. The second-order valence-corrected chi connectivity index (χ2v) is 4.28. The minimum absolute atomic E-state index is 0.579. The second-order valence-electron chi connectivity index (χ2n) is 2.51. The topological polar surface area (TPSA) is 0 Å². The Morgan fingerprint density at radius 3 is 1.00 bits per heavy atom. The van der Waals surface area contributed by atoms with E-state index in [0.717, 1.165) is 0 Å². The predicted octanol–water partition coefficient (Wildman–Crippen LogP) is 3.43. The fourth-order valence-corrected chi connectivity index (χ4v) is 0. The molecule has 0 fully saturated rings. The molecule has 0 saturated heterocycles. The van der Waals surface area contributed by atoms with E-state index in [0.29, 0.717) is 10.5 Å². The molecule has 0 radical (unpaired) electrons. The van der Waals surface area contributed by atoms with E-state index in [-0.39, 0.29) is 0 Å². The zero-order valence-electron chi connectivity index (χ0n) is 7.46. The van der Waals surface area contributed by atoms with Crippen molar-refractivity contribution in [2.45, 2.75) is 51.0 Å². The van der Waals surface area contributed by atoms with Crippen LogP contribution in [-0.4, -0.2) is 10.5 Å². The van der Waals surface area contributed by atoms with E-state index in [1.54, 1.807) is 0 Å². The van der Waals surface area contributed by atoms with Crippen LogP contribution in [0.15, 0.2) is 0 Å². The van der Waals surface area contributed by atoms with E-state index in [1.165, 1.54) is 12.8 Å². The Bertz CT molecular complexity index is 43.2. The Hall–Kier alpha value is 0.700. The van der Waals surface area contributed by atoms with Crippen molar-refractivity contribution < 1.29 is 0 Å². The van der Waals surface area contributed by atoms with Gasteiger partial charge in [0.1, 0.15) is 0 Å². The second kappa shape index (κ2) is 9.70. The highest BCUT2D eigenvalue weighted by Crippen LogP contribution is 1.94. The monoisotopic (exact) mass is 180 g/mol. The lowest BCUT2D eigenvalue weighted by atomic mass is 10.4. The van der Waals surface area contributed by atoms with Crippen molar-refractivity contribution in [2.24, 2.45) is 0 Å². The van der Waals surface area contributed by atoms with Crippen LogP contribution < -0.4 is 0 Å². The molecule has 0 saturated carbocycles. The van der Waals surface area contributed by atoms with E-state index in [4.69, 9.17) is 0 Å². The molecule has 0 rings (SSSR count). The molecule has 2 heteroatoms. The quantitative estimate of drug-likeness (QED) is 0.598. The lowest BCUT2D eigenvalue weighted by Crippen LogP contribution is -1.81. The minimum Gasteiger partial charge on any atom is -0.176 e. The van der Waals surface area contributed by atoms with E-state index >= 15 is 0 Å². The summed E-state index contributed by atoms with van der Waals surface area (Å²) < 4.78 is 0. The van der Waals surface area contributed by atoms with Gasteiger partial charge in [-0.25, -0.2) is 0 Å². The molecule has 0 amide bonds. The van der Waals surface area contributed by atoms with Gasteiger partial charge in [0, 0.05) is 0 Å². The molecular formula is C8H20S2. The largest absolute Gasteiger partial charge is 0.176 e. The van der Waals surface area contributed by atoms with Crippen molar-refractivity contribution in [1.29, 1.82) is 0 Å². The van der Waals surface area contributed by atoms with Gasteiger partial charge >= 0.3 is 0 Å². The number of hydrogen-bond acceptors (Lipinski definition) is 2. The first kappa shape index (κ1) is 13.3. The molecule has 0 heterocycles. The Morgan fingerprint density at radius 1 is 0.900 bits per heavy atom. The normalized spacial score (nSPS) is 15.0. The third kappa shape index (κ3) is 23.4. The number of hydrogen-bond donors (Lipinski definition) is 2. The van der Waals surface area contributed by atoms with Gasteiger partial charge in [-0.05, 0) is 23.3 Å². The van der Waals surface area contributed by atoms with Crippen molar-refractivity contribution in [3.63, 3.8) is 0 Å². The maximum absolute atomic E-state index is 4.10. The standard InChI is InChI=1S/2C4H10S/c2*1-3-4(2)5/h2*4-5H,3H2,1-2H3. The van der Waals surface area contributed by atoms with Crippen molar-refractivity contribution in [3.05, 3.63) is 0 Å². The van der Waals surface area contributed by atoms with Crippen molar-refractivity contribution in [1.82, 2.24) is 0 Å². The summed E-state index contributed by atoms with van der Waals surface area (Å²) in [4.78, 5) is 0. The van der Waals surface area contributed by atoms with Gasteiger partial charge in [0.2, 0.25) is 0 Å². The summed E-state index contributed by atoms with van der Waals surface area (Å²) in [6, 6.07) is 0. The summed E-state index contributed by atoms with van der Waals surface area (Å²) in [5, 5.41) is 1.16. The third-order valence-corrected chi connectivity index (χ3v) is 1.91. The summed E-state index contributed by atoms with van der Waals surface area (Å²) in [5.74, 6) is 0. The Kier molecular flexibility index (Phi) is 12.9. The SMILES string of the molecule is CCC(C)S.CCC(C)S. The molecule has 0 aromatic heterocycles. The van der Waals surface area contributed by atoms with E-state index in [9.17, 15) is 0 Å². The van der Waals surface area contributed by atoms with Crippen LogP contribution in [0, 0.1) is 0 Å². The molecule has 0 spiro atoms. The maximum atomic E-state index is 4.10. The summed E-state index contributed by atoms with van der Waals surface area (Å²) in [6.45, 7) is 8.42. The summed E-state index contributed by atoms with van der Waals surface area (Å²) in [5.41, 5.74) is 0. The van der Waals surface area contributed by atoms with Gasteiger partial charge in [-0.1, -0.05) is 27.7 Å². The summed E-state index contributed by atoms with van der Waals surface area (Å²) >= 11 is 8.20. The molecule has 0 aliphatic heterocycles. The van der Waals surface area contributed by atoms with Gasteiger partial charge in [-0.3, -0.25) is 0 Å². The zero-order chi connectivity index (χ0) is 8.57. The predicted molar refractivity (Wildman–Crippen MR) is 57.5 cm³/mol. The molecule has 0 aliphatic carbocycles. The average Bonchev–Trinajstić information content (AvgIpc) is 1.89. The maximum Gasteiger partial charge on any atom is -0.00142 e. The van der Waals surface area contributed by atoms with Crippen LogP contribution in [0.3, 0.4) is 0 Å². The Morgan fingerprint density at radius 2 is 1.00 bits per heavy atom. The summed E-state index contributed by atoms with van der Waals surface area (Å²) in [6.07, 6.45) is 2.34. The third-order valence-electron chi connectivity index (χ3n) is 1.18. The molecule has 0 N–H and O–H groups in total. The molecule has 0 aromatic carbocycles. The highest BCUT2D eigenvalue weighted by molar-refractivity contribution is 7.81. The molecule has 0 nitrogen and oxygen atoms in total. The van der Waals surface area contributed by atoms with Gasteiger partial charge < -0.3 is 0 Å². The zero-order valence-corrected chi connectivity index (χ0v) is 9.25. The van der Waals surface area contributed by atoms with Gasteiger partial charge in [0.25, 0.3) is 0 Å². The highest BCUT2D eigenvalue weighted by Gasteiger charge is 1.81. The molecule has 0 bridgehead atoms. The van der Waals surface area contributed by atoms with E-state index < -0.39 is 0 Å². The van der Waals surface area contributed by atoms with Gasteiger partial charge in [-0.2, -0.15) is 25.3 Å². The molecule has 64 valence electrons. The van der Waals surface area contributed by atoms with Crippen LogP contribution in [0.25, 0.3) is 0 Å². The lowest BCUT2D eigenvalue weighted by Gasteiger charge is -1.89. The average molecular weight is 180 g/mol. The number of thiol groups is 2. The Balaban J connectivity index is 0. The first-order valence-electron chi connectivity index (χ1n) is 3.90. The molecule has 0 aliphatic rings. The summed E-state index contributed by atoms with van der Waals surface area (Å²) in [7, 11) is 0. The highest BCUT2D eigenvalue weighted by atomic mass is 32.1. The van der Waals surface area contributed by atoms with E-state index in [2.05, 4.69) is 53.0 Å². The molecule has 10 heavy (non-hydrogen) atoms. The lowest BCUT2D eigenvalue weighted by molar-refractivity contribution is 0.913. The van der Waals surface area contributed by atoms with Crippen molar-refractivity contribution >= 4 is 25.3 Å². The molecule has 2 unspecified atom stereocenters. The van der Waals surface area contributed by atoms with Crippen LogP contribution in [0.5, 0.6) is 0 Å². The van der Waals surface area contributed by atoms with Crippen molar-refractivity contribution in [3.8, 4) is 0 Å². The molecular weight excluding hydrogens is 160 g/mol.